The van der Waals surface area contributed by atoms with Crippen LogP contribution in [0, 0.1) is 12.8 Å². The van der Waals surface area contributed by atoms with Crippen LogP contribution in [0.1, 0.15) is 50.2 Å². The summed E-state index contributed by atoms with van der Waals surface area (Å²) in [5.41, 5.74) is 1.18. The molecule has 0 aliphatic heterocycles. The van der Waals surface area contributed by atoms with Crippen molar-refractivity contribution in [3.8, 4) is 0 Å². The lowest BCUT2D eigenvalue weighted by Gasteiger charge is -2.11. The lowest BCUT2D eigenvalue weighted by Crippen LogP contribution is -2.32. The van der Waals surface area contributed by atoms with E-state index in [4.69, 9.17) is 11.6 Å². The minimum atomic E-state index is -0.137. The highest BCUT2D eigenvalue weighted by atomic mass is 35.5. The molecule has 0 bridgehead atoms. The van der Waals surface area contributed by atoms with Crippen molar-refractivity contribution in [1.82, 2.24) is 15.1 Å². The van der Waals surface area contributed by atoms with Crippen LogP contribution in [0.5, 0.6) is 0 Å². The van der Waals surface area contributed by atoms with Crippen molar-refractivity contribution in [2.75, 3.05) is 0 Å². The Balaban J connectivity index is 2.95. The number of amides is 1. The molecule has 1 atom stereocenters. The Labute approximate surface area is 114 Å². The summed E-state index contributed by atoms with van der Waals surface area (Å²) in [5, 5.41) is 7.68. The number of carbonyl (C=O) groups excluding carboxylic acids is 1. The van der Waals surface area contributed by atoms with E-state index in [-0.39, 0.29) is 11.9 Å². The van der Waals surface area contributed by atoms with Gasteiger partial charge in [0.05, 0.1) is 11.3 Å². The summed E-state index contributed by atoms with van der Waals surface area (Å²) in [5.74, 6) is 0.300. The number of hydrogen-bond acceptors (Lipinski definition) is 2. The molecule has 0 saturated heterocycles. The minimum absolute atomic E-state index is 0.137. The fourth-order valence-corrected chi connectivity index (χ4v) is 2.01. The molecule has 0 saturated carbocycles. The molecule has 0 fully saturated rings. The molecule has 0 unspecified atom stereocenters. The average molecular weight is 272 g/mol. The third kappa shape index (κ3) is 3.48. The average Bonchev–Trinajstić information content (AvgIpc) is 2.53. The summed E-state index contributed by atoms with van der Waals surface area (Å²) in [6.07, 6.45) is 0.891. The lowest BCUT2D eigenvalue weighted by atomic mass is 10.2. The highest BCUT2D eigenvalue weighted by Crippen LogP contribution is 2.21. The Morgan fingerprint density at radius 2 is 2.06 bits per heavy atom. The second-order valence-electron chi connectivity index (χ2n) is 5.11. The van der Waals surface area contributed by atoms with Crippen molar-refractivity contribution in [2.24, 2.45) is 5.92 Å². The predicted octanol–water partition coefficient (Wildman–Crippen LogP) is 3.03. The smallest absolute Gasteiger partial charge is 0.256 e. The molecule has 18 heavy (non-hydrogen) atoms. The Hall–Kier alpha value is -1.03. The maximum absolute atomic E-state index is 12.1. The molecule has 1 amide bonds. The molecule has 0 spiro atoms. The zero-order valence-corrected chi connectivity index (χ0v) is 12.5. The molecular formula is C13H22ClN3O. The molecule has 0 aliphatic rings. The number of aromatic nitrogens is 2. The van der Waals surface area contributed by atoms with E-state index in [2.05, 4.69) is 24.3 Å². The summed E-state index contributed by atoms with van der Waals surface area (Å²) in [6.45, 7) is 10.7. The van der Waals surface area contributed by atoms with E-state index in [0.717, 1.165) is 13.0 Å². The van der Waals surface area contributed by atoms with Gasteiger partial charge < -0.3 is 5.32 Å². The number of carbonyl (C=O) groups is 1. The topological polar surface area (TPSA) is 46.9 Å². The third-order valence-corrected chi connectivity index (χ3v) is 3.20. The van der Waals surface area contributed by atoms with Gasteiger partial charge in [0.25, 0.3) is 5.91 Å². The van der Waals surface area contributed by atoms with E-state index < -0.39 is 0 Å². The minimum Gasteiger partial charge on any atom is -0.349 e. The molecule has 1 rings (SSSR count). The maximum Gasteiger partial charge on any atom is 0.256 e. The summed E-state index contributed by atoms with van der Waals surface area (Å²) in [4.78, 5) is 12.1. The van der Waals surface area contributed by atoms with Gasteiger partial charge in [0.2, 0.25) is 0 Å². The maximum atomic E-state index is 12.1. The zero-order chi connectivity index (χ0) is 13.9. The number of hydrogen-bond donors (Lipinski definition) is 1. The van der Waals surface area contributed by atoms with Gasteiger partial charge in [-0.05, 0) is 26.2 Å². The fourth-order valence-electron chi connectivity index (χ4n) is 1.68. The van der Waals surface area contributed by atoms with Gasteiger partial charge in [-0.15, -0.1) is 0 Å². The van der Waals surface area contributed by atoms with Gasteiger partial charge in [-0.3, -0.25) is 9.48 Å². The van der Waals surface area contributed by atoms with Crippen LogP contribution in [0.25, 0.3) is 0 Å². The van der Waals surface area contributed by atoms with Gasteiger partial charge in [-0.1, -0.05) is 32.4 Å². The fraction of sp³-hybridized carbons (Fsp3) is 0.692. The van der Waals surface area contributed by atoms with Crippen molar-refractivity contribution >= 4 is 17.5 Å². The molecule has 5 heteroatoms. The highest BCUT2D eigenvalue weighted by molar-refractivity contribution is 6.33. The molecule has 0 aliphatic carbocycles. The molecule has 4 nitrogen and oxygen atoms in total. The second kappa shape index (κ2) is 6.23. The first-order valence-electron chi connectivity index (χ1n) is 6.40. The quantitative estimate of drug-likeness (QED) is 0.895. The third-order valence-electron chi connectivity index (χ3n) is 2.82. The van der Waals surface area contributed by atoms with Crippen molar-refractivity contribution in [1.29, 1.82) is 0 Å². The van der Waals surface area contributed by atoms with Gasteiger partial charge in [-0.2, -0.15) is 5.10 Å². The number of aryl methyl sites for hydroxylation is 1. The van der Waals surface area contributed by atoms with E-state index in [1.54, 1.807) is 4.68 Å². The first-order valence-corrected chi connectivity index (χ1v) is 6.78. The van der Waals surface area contributed by atoms with Gasteiger partial charge in [0.15, 0.2) is 0 Å². The van der Waals surface area contributed by atoms with E-state index in [9.17, 15) is 4.79 Å². The van der Waals surface area contributed by atoms with E-state index in [0.29, 0.717) is 22.3 Å². The molecule has 1 heterocycles. The first kappa shape index (κ1) is 15.0. The largest absolute Gasteiger partial charge is 0.349 e. The molecule has 1 aromatic heterocycles. The van der Waals surface area contributed by atoms with Gasteiger partial charge in [0.1, 0.15) is 5.15 Å². The number of nitrogens with zero attached hydrogens (tertiary/aromatic N) is 2. The summed E-state index contributed by atoms with van der Waals surface area (Å²) in [6, 6.07) is 0.140. The summed E-state index contributed by atoms with van der Waals surface area (Å²) >= 11 is 6.23. The monoisotopic (exact) mass is 271 g/mol. The van der Waals surface area contributed by atoms with Crippen LogP contribution < -0.4 is 5.32 Å². The lowest BCUT2D eigenvalue weighted by molar-refractivity contribution is 0.0938. The van der Waals surface area contributed by atoms with Crippen molar-refractivity contribution in [3.05, 3.63) is 16.4 Å². The van der Waals surface area contributed by atoms with Crippen molar-refractivity contribution in [2.45, 2.75) is 53.6 Å². The van der Waals surface area contributed by atoms with Crippen LogP contribution in [0.2, 0.25) is 5.15 Å². The van der Waals surface area contributed by atoms with Crippen molar-refractivity contribution < 1.29 is 4.79 Å². The first-order chi connectivity index (χ1) is 8.36. The molecule has 1 aromatic rings. The van der Waals surface area contributed by atoms with E-state index in [1.165, 1.54) is 0 Å². The molecule has 1 N–H and O–H groups in total. The Morgan fingerprint density at radius 1 is 1.44 bits per heavy atom. The van der Waals surface area contributed by atoms with Crippen LogP contribution in [-0.2, 0) is 6.54 Å². The van der Waals surface area contributed by atoms with E-state index >= 15 is 0 Å². The Morgan fingerprint density at radius 3 is 2.56 bits per heavy atom. The van der Waals surface area contributed by atoms with Gasteiger partial charge >= 0.3 is 0 Å². The molecule has 0 aromatic carbocycles. The highest BCUT2D eigenvalue weighted by Gasteiger charge is 2.21. The van der Waals surface area contributed by atoms with Gasteiger partial charge in [-0.25, -0.2) is 0 Å². The van der Waals surface area contributed by atoms with Crippen LogP contribution in [0.15, 0.2) is 0 Å². The van der Waals surface area contributed by atoms with Crippen LogP contribution in [0.3, 0.4) is 0 Å². The summed E-state index contributed by atoms with van der Waals surface area (Å²) in [7, 11) is 0. The zero-order valence-electron chi connectivity index (χ0n) is 11.7. The molecular weight excluding hydrogens is 250 g/mol. The van der Waals surface area contributed by atoms with Crippen LogP contribution in [-0.4, -0.2) is 21.7 Å². The Kier molecular flexibility index (Phi) is 5.20. The number of rotatable bonds is 5. The van der Waals surface area contributed by atoms with Crippen LogP contribution in [0.4, 0.5) is 0 Å². The normalized spacial score (nSPS) is 12.8. The van der Waals surface area contributed by atoms with Gasteiger partial charge in [0, 0.05) is 12.6 Å². The number of nitrogens with one attached hydrogen (secondary N) is 1. The molecule has 102 valence electrons. The second-order valence-corrected chi connectivity index (χ2v) is 5.47. The summed E-state index contributed by atoms with van der Waals surface area (Å²) < 4.78 is 1.70. The standard InChI is InChI=1S/C13H22ClN3O/c1-6-9(4)15-13(18)11-10(5)16-17(12(11)14)7-8(2)3/h8-9H,6-7H2,1-5H3,(H,15,18)/t9-/m1/s1. The van der Waals surface area contributed by atoms with E-state index in [1.807, 2.05) is 20.8 Å². The predicted molar refractivity (Wildman–Crippen MR) is 74.0 cm³/mol. The van der Waals surface area contributed by atoms with Crippen LogP contribution >= 0.6 is 11.6 Å². The SMILES string of the molecule is CC[C@@H](C)NC(=O)c1c(C)nn(CC(C)C)c1Cl. The number of halogens is 1. The van der Waals surface area contributed by atoms with Crippen molar-refractivity contribution in [3.63, 3.8) is 0 Å². The molecule has 0 radical (unpaired) electrons. The Bertz CT molecular complexity index is 426.